The first-order valence-corrected chi connectivity index (χ1v) is 8.24. The van der Waals surface area contributed by atoms with Crippen molar-refractivity contribution in [2.75, 3.05) is 20.0 Å². The molecule has 7 nitrogen and oxygen atoms in total. The van der Waals surface area contributed by atoms with Gasteiger partial charge in [0.25, 0.3) is 0 Å². The van der Waals surface area contributed by atoms with Crippen molar-refractivity contribution in [1.82, 2.24) is 4.90 Å². The molecule has 0 unspecified atom stereocenters. The number of hydrogen-bond donors (Lipinski definition) is 2. The van der Waals surface area contributed by atoms with Gasteiger partial charge in [-0.15, -0.1) is 11.8 Å². The predicted octanol–water partition coefficient (Wildman–Crippen LogP) is 0.258. The van der Waals surface area contributed by atoms with Gasteiger partial charge in [-0.1, -0.05) is 11.8 Å². The van der Waals surface area contributed by atoms with E-state index < -0.39 is 18.0 Å². The van der Waals surface area contributed by atoms with E-state index in [2.05, 4.69) is 0 Å². The van der Waals surface area contributed by atoms with E-state index in [1.54, 1.807) is 6.92 Å². The molecule has 0 spiro atoms. The highest BCUT2D eigenvalue weighted by molar-refractivity contribution is 8.23. The number of aliphatic hydroxyl groups is 1. The number of fused-ring (bicyclic) bond motifs is 1. The summed E-state index contributed by atoms with van der Waals surface area (Å²) in [6, 6.07) is 0. The molecule has 0 aliphatic carbocycles. The molecule has 21 heavy (non-hydrogen) atoms. The highest BCUT2D eigenvalue weighted by atomic mass is 32.2. The van der Waals surface area contributed by atoms with E-state index in [0.717, 1.165) is 0 Å². The zero-order valence-corrected chi connectivity index (χ0v) is 12.9. The number of carbonyl (C=O) groups excluding carboxylic acids is 1. The van der Waals surface area contributed by atoms with Gasteiger partial charge in [0.15, 0.2) is 5.70 Å². The molecule has 0 aromatic heterocycles. The molecular formula is C12H15NO6S2. The van der Waals surface area contributed by atoms with Gasteiger partial charge in [0, 0.05) is 0 Å². The van der Waals surface area contributed by atoms with Gasteiger partial charge in [0.1, 0.15) is 12.2 Å². The lowest BCUT2D eigenvalue weighted by molar-refractivity contribution is -0.156. The standard InChI is InChI=1S/C12H15NO6S2/c1-5(14)7-9(15)13-8(11(16)17)12(21-10(7)13)20-6-2-18-4-19-3-6/h5-7,10,14H,2-4H2,1H3,(H,16,17)/t5-,7+,10+/m1/s1. The Kier molecular flexibility index (Phi) is 4.19. The zero-order chi connectivity index (χ0) is 15.1. The second kappa shape index (κ2) is 5.81. The number of aliphatic hydroxyl groups excluding tert-OH is 1. The van der Waals surface area contributed by atoms with Gasteiger partial charge in [0.2, 0.25) is 5.91 Å². The van der Waals surface area contributed by atoms with Crippen LogP contribution in [0.1, 0.15) is 6.92 Å². The van der Waals surface area contributed by atoms with Crippen LogP contribution in [0.15, 0.2) is 9.93 Å². The number of carboxylic acid groups (broad SMARTS) is 1. The maximum absolute atomic E-state index is 12.0. The van der Waals surface area contributed by atoms with Crippen LogP contribution in [0, 0.1) is 5.92 Å². The normalized spacial score (nSPS) is 31.1. The molecule has 0 saturated carbocycles. The Balaban J connectivity index is 1.79. The number of carbonyl (C=O) groups is 2. The maximum Gasteiger partial charge on any atom is 0.354 e. The Hall–Kier alpha value is -0.740. The molecule has 2 fully saturated rings. The number of aliphatic carboxylic acids is 1. The summed E-state index contributed by atoms with van der Waals surface area (Å²) in [4.78, 5) is 24.8. The Morgan fingerprint density at radius 1 is 1.48 bits per heavy atom. The number of rotatable bonds is 4. The molecule has 3 atom stereocenters. The number of carboxylic acids is 1. The molecule has 2 saturated heterocycles. The van der Waals surface area contributed by atoms with E-state index in [1.165, 1.54) is 28.4 Å². The third-order valence-electron chi connectivity index (χ3n) is 3.52. The minimum atomic E-state index is -1.12. The Bertz CT molecular complexity index is 502. The first-order chi connectivity index (χ1) is 10.0. The molecule has 116 valence electrons. The van der Waals surface area contributed by atoms with Crippen LogP contribution in [0.2, 0.25) is 0 Å². The minimum absolute atomic E-state index is 0.00871. The van der Waals surface area contributed by atoms with Crippen LogP contribution in [-0.2, 0) is 19.1 Å². The summed E-state index contributed by atoms with van der Waals surface area (Å²) in [5.41, 5.74) is 0.0162. The largest absolute Gasteiger partial charge is 0.477 e. The zero-order valence-electron chi connectivity index (χ0n) is 11.2. The van der Waals surface area contributed by atoms with Crippen molar-refractivity contribution in [2.24, 2.45) is 5.92 Å². The van der Waals surface area contributed by atoms with Gasteiger partial charge in [-0.05, 0) is 6.92 Å². The topological polar surface area (TPSA) is 96.3 Å². The predicted molar refractivity (Wildman–Crippen MR) is 76.2 cm³/mol. The van der Waals surface area contributed by atoms with Crippen molar-refractivity contribution in [3.05, 3.63) is 9.93 Å². The summed E-state index contributed by atoms with van der Waals surface area (Å²) < 4.78 is 11.0. The van der Waals surface area contributed by atoms with Crippen LogP contribution in [0.5, 0.6) is 0 Å². The molecule has 3 rings (SSSR count). The summed E-state index contributed by atoms with van der Waals surface area (Å²) in [6.07, 6.45) is -0.785. The van der Waals surface area contributed by atoms with Crippen LogP contribution in [0.4, 0.5) is 0 Å². The lowest BCUT2D eigenvalue weighted by Gasteiger charge is -2.43. The van der Waals surface area contributed by atoms with Gasteiger partial charge in [-0.3, -0.25) is 9.69 Å². The van der Waals surface area contributed by atoms with Gasteiger partial charge in [0.05, 0.1) is 34.7 Å². The minimum Gasteiger partial charge on any atom is -0.477 e. The van der Waals surface area contributed by atoms with E-state index in [4.69, 9.17) is 9.47 Å². The molecule has 3 aliphatic rings. The molecule has 3 heterocycles. The smallest absolute Gasteiger partial charge is 0.354 e. The molecular weight excluding hydrogens is 318 g/mol. The van der Waals surface area contributed by atoms with Crippen molar-refractivity contribution < 1.29 is 29.3 Å². The molecule has 0 radical (unpaired) electrons. The van der Waals surface area contributed by atoms with E-state index in [1.807, 2.05) is 0 Å². The van der Waals surface area contributed by atoms with E-state index >= 15 is 0 Å². The number of β-lactam (4-membered cyclic amide) rings is 1. The summed E-state index contributed by atoms with van der Waals surface area (Å²) in [5, 5.41) is 18.7. The molecule has 1 amide bonds. The van der Waals surface area contributed by atoms with Crippen LogP contribution in [-0.4, -0.2) is 63.7 Å². The van der Waals surface area contributed by atoms with Crippen molar-refractivity contribution >= 4 is 35.4 Å². The number of ether oxygens (including phenoxy) is 2. The maximum atomic E-state index is 12.0. The molecule has 0 bridgehead atoms. The van der Waals surface area contributed by atoms with E-state index in [0.29, 0.717) is 17.5 Å². The summed E-state index contributed by atoms with van der Waals surface area (Å²) in [6.45, 7) is 2.78. The quantitative estimate of drug-likeness (QED) is 0.707. The van der Waals surface area contributed by atoms with Crippen LogP contribution >= 0.6 is 23.5 Å². The third kappa shape index (κ3) is 2.57. The molecule has 9 heteroatoms. The lowest BCUT2D eigenvalue weighted by Crippen LogP contribution is -2.60. The molecule has 2 N–H and O–H groups in total. The third-order valence-corrected chi connectivity index (χ3v) is 6.26. The highest BCUT2D eigenvalue weighted by Gasteiger charge is 2.57. The Morgan fingerprint density at radius 3 is 2.71 bits per heavy atom. The average Bonchev–Trinajstić information content (AvgIpc) is 2.74. The van der Waals surface area contributed by atoms with Gasteiger partial charge in [-0.25, -0.2) is 4.79 Å². The molecule has 3 aliphatic heterocycles. The summed E-state index contributed by atoms with van der Waals surface area (Å²) >= 11 is 2.69. The monoisotopic (exact) mass is 333 g/mol. The number of thioether (sulfide) groups is 2. The number of nitrogens with zero attached hydrogens (tertiary/aromatic N) is 1. The van der Waals surface area contributed by atoms with Crippen LogP contribution < -0.4 is 0 Å². The fourth-order valence-electron chi connectivity index (χ4n) is 2.52. The summed E-state index contributed by atoms with van der Waals surface area (Å²) in [7, 11) is 0. The fourth-order valence-corrected chi connectivity index (χ4v) is 5.69. The first-order valence-electron chi connectivity index (χ1n) is 6.48. The average molecular weight is 333 g/mol. The second-order valence-corrected chi connectivity index (χ2v) is 7.72. The van der Waals surface area contributed by atoms with E-state index in [-0.39, 0.29) is 29.0 Å². The van der Waals surface area contributed by atoms with Crippen molar-refractivity contribution in [2.45, 2.75) is 23.7 Å². The van der Waals surface area contributed by atoms with Gasteiger partial charge < -0.3 is 19.7 Å². The van der Waals surface area contributed by atoms with Crippen LogP contribution in [0.3, 0.4) is 0 Å². The second-order valence-electron chi connectivity index (χ2n) is 5.02. The van der Waals surface area contributed by atoms with Gasteiger partial charge >= 0.3 is 5.97 Å². The van der Waals surface area contributed by atoms with Crippen LogP contribution in [0.25, 0.3) is 0 Å². The van der Waals surface area contributed by atoms with Crippen molar-refractivity contribution in [3.8, 4) is 0 Å². The number of hydrogen-bond acceptors (Lipinski definition) is 7. The molecule has 0 aromatic carbocycles. The SMILES string of the molecule is C[C@@H](O)[C@H]1C(=O)N2C(C(=O)O)=C(SC3COCOC3)S[C@@H]12. The van der Waals surface area contributed by atoms with Crippen molar-refractivity contribution in [3.63, 3.8) is 0 Å². The lowest BCUT2D eigenvalue weighted by atomic mass is 9.92. The Labute approximate surface area is 129 Å². The number of amides is 1. The fraction of sp³-hybridized carbons (Fsp3) is 0.667. The van der Waals surface area contributed by atoms with Crippen molar-refractivity contribution in [1.29, 1.82) is 0 Å². The Morgan fingerprint density at radius 2 is 2.14 bits per heavy atom. The first kappa shape index (κ1) is 15.2. The molecule has 0 aromatic rings. The summed E-state index contributed by atoms with van der Waals surface area (Å²) in [5.74, 6) is -1.99. The van der Waals surface area contributed by atoms with Gasteiger partial charge in [-0.2, -0.15) is 0 Å². The van der Waals surface area contributed by atoms with E-state index in [9.17, 15) is 19.8 Å². The highest BCUT2D eigenvalue weighted by Crippen LogP contribution is 2.54.